The second-order valence-corrected chi connectivity index (χ2v) is 5.22. The van der Waals surface area contributed by atoms with Gasteiger partial charge in [0, 0.05) is 32.5 Å². The van der Waals surface area contributed by atoms with Gasteiger partial charge < -0.3 is 14.7 Å². The number of carbonyl (C=O) groups excluding carboxylic acids is 2. The lowest BCUT2D eigenvalue weighted by Gasteiger charge is -2.17. The van der Waals surface area contributed by atoms with Gasteiger partial charge in [-0.3, -0.25) is 14.5 Å². The van der Waals surface area contributed by atoms with Crippen molar-refractivity contribution in [1.82, 2.24) is 15.4 Å². The molecular weight excluding hydrogens is 272 g/mol. The highest BCUT2D eigenvalue weighted by molar-refractivity contribution is 5.91. The second kappa shape index (κ2) is 8.41. The van der Waals surface area contributed by atoms with E-state index in [0.29, 0.717) is 24.7 Å². The van der Waals surface area contributed by atoms with Gasteiger partial charge in [0.25, 0.3) is 0 Å². The lowest BCUT2D eigenvalue weighted by molar-refractivity contribution is -0.121. The zero-order valence-electron chi connectivity index (χ0n) is 13.2. The Labute approximate surface area is 125 Å². The number of aryl methyl sites for hydroxylation is 1. The number of aromatic nitrogens is 1. The highest BCUT2D eigenvalue weighted by Gasteiger charge is 2.16. The first kappa shape index (κ1) is 17.2. The van der Waals surface area contributed by atoms with E-state index in [1.807, 2.05) is 14.1 Å². The Morgan fingerprint density at radius 1 is 1.33 bits per heavy atom. The molecule has 0 saturated heterocycles. The Morgan fingerprint density at radius 3 is 2.57 bits per heavy atom. The van der Waals surface area contributed by atoms with Gasteiger partial charge in [0.05, 0.1) is 0 Å². The summed E-state index contributed by atoms with van der Waals surface area (Å²) in [7, 11) is 3.99. The number of anilines is 1. The molecule has 1 aromatic heterocycles. The van der Waals surface area contributed by atoms with Gasteiger partial charge in [-0.2, -0.15) is 0 Å². The molecule has 118 valence electrons. The highest BCUT2D eigenvalue weighted by Crippen LogP contribution is 2.14. The van der Waals surface area contributed by atoms with Crippen molar-refractivity contribution in [3.63, 3.8) is 0 Å². The first-order chi connectivity index (χ1) is 9.90. The molecule has 1 N–H and O–H groups in total. The molecule has 0 radical (unpaired) electrons. The molecule has 1 rings (SSSR count). The average molecular weight is 296 g/mol. The van der Waals surface area contributed by atoms with Crippen molar-refractivity contribution in [1.29, 1.82) is 0 Å². The maximum atomic E-state index is 11.7. The predicted octanol–water partition coefficient (Wildman–Crippen LogP) is 0.794. The van der Waals surface area contributed by atoms with Crippen LogP contribution in [-0.2, 0) is 9.59 Å². The Balaban J connectivity index is 2.37. The smallest absolute Gasteiger partial charge is 0.225 e. The van der Waals surface area contributed by atoms with Crippen LogP contribution in [0.4, 0.5) is 5.82 Å². The van der Waals surface area contributed by atoms with Gasteiger partial charge in [-0.25, -0.2) is 0 Å². The van der Waals surface area contributed by atoms with Gasteiger partial charge in [-0.1, -0.05) is 5.16 Å². The number of hydrogen-bond acceptors (Lipinski definition) is 5. The van der Waals surface area contributed by atoms with Crippen LogP contribution in [0.3, 0.4) is 0 Å². The summed E-state index contributed by atoms with van der Waals surface area (Å²) < 4.78 is 4.96. The van der Waals surface area contributed by atoms with Gasteiger partial charge in [0.1, 0.15) is 5.76 Å². The third kappa shape index (κ3) is 6.40. The molecule has 0 unspecified atom stereocenters. The van der Waals surface area contributed by atoms with Crippen LogP contribution in [0.25, 0.3) is 0 Å². The first-order valence-electron chi connectivity index (χ1n) is 7.03. The molecule has 7 nitrogen and oxygen atoms in total. The molecule has 21 heavy (non-hydrogen) atoms. The van der Waals surface area contributed by atoms with Crippen LogP contribution in [0.1, 0.15) is 25.5 Å². The molecule has 0 atom stereocenters. The van der Waals surface area contributed by atoms with E-state index in [0.717, 1.165) is 13.0 Å². The van der Waals surface area contributed by atoms with E-state index < -0.39 is 0 Å². The SMILES string of the molecule is CC(=O)N(CCC(=O)NCCCN(C)C)c1cc(C)on1. The highest BCUT2D eigenvalue weighted by atomic mass is 16.5. The van der Waals surface area contributed by atoms with Gasteiger partial charge in [0.15, 0.2) is 5.82 Å². The summed E-state index contributed by atoms with van der Waals surface area (Å²) in [6.45, 7) is 5.06. The monoisotopic (exact) mass is 296 g/mol. The molecule has 2 amide bonds. The van der Waals surface area contributed by atoms with Crippen LogP contribution in [0, 0.1) is 6.92 Å². The summed E-state index contributed by atoms with van der Waals surface area (Å²) in [5.74, 6) is 0.841. The normalized spacial score (nSPS) is 10.7. The Kier molecular flexibility index (Phi) is 6.87. The van der Waals surface area contributed by atoms with E-state index in [1.165, 1.54) is 11.8 Å². The van der Waals surface area contributed by atoms with Crippen molar-refractivity contribution in [2.75, 3.05) is 38.6 Å². The summed E-state index contributed by atoms with van der Waals surface area (Å²) in [6.07, 6.45) is 1.14. The Bertz CT molecular complexity index is 471. The van der Waals surface area contributed by atoms with E-state index in [-0.39, 0.29) is 18.2 Å². The Hall–Kier alpha value is -1.89. The summed E-state index contributed by atoms with van der Waals surface area (Å²) in [4.78, 5) is 26.9. The van der Waals surface area contributed by atoms with Crippen molar-refractivity contribution < 1.29 is 14.1 Å². The minimum Gasteiger partial charge on any atom is -0.360 e. The summed E-state index contributed by atoms with van der Waals surface area (Å²) >= 11 is 0. The standard InChI is InChI=1S/C14H24N4O3/c1-11-10-13(16-21-11)18(12(2)19)9-6-14(20)15-7-5-8-17(3)4/h10H,5-9H2,1-4H3,(H,15,20). The second-order valence-electron chi connectivity index (χ2n) is 5.22. The molecule has 1 heterocycles. The molecule has 1 aromatic rings. The number of hydrogen-bond donors (Lipinski definition) is 1. The molecule has 0 fully saturated rings. The maximum absolute atomic E-state index is 11.7. The molecule has 0 spiro atoms. The molecule has 0 saturated carbocycles. The Morgan fingerprint density at radius 2 is 2.05 bits per heavy atom. The minimum absolute atomic E-state index is 0.0692. The quantitative estimate of drug-likeness (QED) is 0.718. The predicted molar refractivity (Wildman–Crippen MR) is 80.1 cm³/mol. The lowest BCUT2D eigenvalue weighted by atomic mass is 10.3. The zero-order chi connectivity index (χ0) is 15.8. The summed E-state index contributed by atoms with van der Waals surface area (Å²) in [5.41, 5.74) is 0. The number of carbonyl (C=O) groups is 2. The molecule has 0 aliphatic heterocycles. The number of nitrogens with one attached hydrogen (secondary N) is 1. The molecule has 0 aliphatic carbocycles. The molecule has 7 heteroatoms. The number of nitrogens with zero attached hydrogens (tertiary/aromatic N) is 3. The van der Waals surface area contributed by atoms with Crippen molar-refractivity contribution in [3.8, 4) is 0 Å². The zero-order valence-corrected chi connectivity index (χ0v) is 13.2. The van der Waals surface area contributed by atoms with Crippen LogP contribution in [-0.4, -0.2) is 55.6 Å². The lowest BCUT2D eigenvalue weighted by Crippen LogP contribution is -2.34. The van der Waals surface area contributed by atoms with Crippen LogP contribution in [0.15, 0.2) is 10.6 Å². The maximum Gasteiger partial charge on any atom is 0.225 e. The molecular formula is C14H24N4O3. The fraction of sp³-hybridized carbons (Fsp3) is 0.643. The first-order valence-corrected chi connectivity index (χ1v) is 7.03. The van der Waals surface area contributed by atoms with Crippen LogP contribution < -0.4 is 10.2 Å². The van der Waals surface area contributed by atoms with Gasteiger partial charge in [-0.15, -0.1) is 0 Å². The summed E-state index contributed by atoms with van der Waals surface area (Å²) in [5, 5.41) is 6.64. The van der Waals surface area contributed by atoms with Crippen molar-refractivity contribution in [2.45, 2.75) is 26.7 Å². The van der Waals surface area contributed by atoms with Crippen LogP contribution in [0.5, 0.6) is 0 Å². The van der Waals surface area contributed by atoms with Crippen molar-refractivity contribution in [3.05, 3.63) is 11.8 Å². The van der Waals surface area contributed by atoms with E-state index in [9.17, 15) is 9.59 Å². The van der Waals surface area contributed by atoms with Crippen molar-refractivity contribution >= 4 is 17.6 Å². The molecule has 0 aromatic carbocycles. The van der Waals surface area contributed by atoms with E-state index in [1.54, 1.807) is 13.0 Å². The molecule has 0 aliphatic rings. The van der Waals surface area contributed by atoms with E-state index in [2.05, 4.69) is 15.4 Å². The van der Waals surface area contributed by atoms with Gasteiger partial charge in [0.2, 0.25) is 11.8 Å². The fourth-order valence-electron chi connectivity index (χ4n) is 1.84. The van der Waals surface area contributed by atoms with E-state index >= 15 is 0 Å². The van der Waals surface area contributed by atoms with E-state index in [4.69, 9.17) is 4.52 Å². The number of rotatable bonds is 8. The average Bonchev–Trinajstić information content (AvgIpc) is 2.81. The molecule has 0 bridgehead atoms. The van der Waals surface area contributed by atoms with Gasteiger partial charge in [-0.05, 0) is 34.0 Å². The third-order valence-electron chi connectivity index (χ3n) is 2.94. The van der Waals surface area contributed by atoms with Gasteiger partial charge >= 0.3 is 0 Å². The topological polar surface area (TPSA) is 78.7 Å². The minimum atomic E-state index is -0.163. The van der Waals surface area contributed by atoms with Crippen molar-refractivity contribution in [2.24, 2.45) is 0 Å². The third-order valence-corrected chi connectivity index (χ3v) is 2.94. The number of amides is 2. The summed E-state index contributed by atoms with van der Waals surface area (Å²) in [6, 6.07) is 1.68. The fourth-order valence-corrected chi connectivity index (χ4v) is 1.84. The largest absolute Gasteiger partial charge is 0.360 e. The van der Waals surface area contributed by atoms with Crippen LogP contribution >= 0.6 is 0 Å². The van der Waals surface area contributed by atoms with Crippen LogP contribution in [0.2, 0.25) is 0 Å².